The number of fused-ring (bicyclic) bond motifs is 2. The molecule has 0 spiro atoms. The maximum absolute atomic E-state index is 12.9. The first kappa shape index (κ1) is 29.2. The van der Waals surface area contributed by atoms with E-state index in [0.717, 1.165) is 60.2 Å². The topological polar surface area (TPSA) is 87.2 Å². The SMILES string of the molecule is COc1ccc(CCNC(=O)c2ccc(NC(=N[C@H]3C[C@@H]4C[C@@H]([C@H]3C)C4(C)C)N3CCN[C@@H](C)C3)cc2)c(OC)c1. The fourth-order valence-electron chi connectivity index (χ4n) is 7.07. The molecule has 2 aromatic carbocycles. The van der Waals surface area contributed by atoms with Crippen molar-refractivity contribution in [2.24, 2.45) is 28.2 Å². The van der Waals surface area contributed by atoms with E-state index in [1.54, 1.807) is 14.2 Å². The van der Waals surface area contributed by atoms with Gasteiger partial charge in [-0.25, -0.2) is 4.99 Å². The molecule has 41 heavy (non-hydrogen) atoms. The number of carbonyl (C=O) groups is 1. The van der Waals surface area contributed by atoms with Crippen molar-refractivity contribution in [3.05, 3.63) is 53.6 Å². The highest BCUT2D eigenvalue weighted by atomic mass is 16.5. The third-order valence-electron chi connectivity index (χ3n) is 9.85. The number of nitrogens with one attached hydrogen (secondary N) is 3. The molecule has 0 unspecified atom stereocenters. The Kier molecular flexibility index (Phi) is 8.78. The Bertz CT molecular complexity index is 1240. The lowest BCUT2D eigenvalue weighted by Gasteiger charge is -2.61. The van der Waals surface area contributed by atoms with Crippen LogP contribution in [-0.4, -0.2) is 69.2 Å². The zero-order valence-corrected chi connectivity index (χ0v) is 25.5. The number of anilines is 1. The Morgan fingerprint density at radius 1 is 1.10 bits per heavy atom. The van der Waals surface area contributed by atoms with Crippen molar-refractivity contribution in [2.75, 3.05) is 45.7 Å². The normalized spacial score (nSPS) is 27.0. The fourth-order valence-corrected chi connectivity index (χ4v) is 7.07. The summed E-state index contributed by atoms with van der Waals surface area (Å²) in [7, 11) is 3.28. The second kappa shape index (κ2) is 12.3. The van der Waals surface area contributed by atoms with Crippen molar-refractivity contribution in [3.8, 4) is 11.5 Å². The van der Waals surface area contributed by atoms with Gasteiger partial charge in [0.05, 0.1) is 20.3 Å². The van der Waals surface area contributed by atoms with Gasteiger partial charge in [-0.3, -0.25) is 4.79 Å². The number of aliphatic imine (C=N–C) groups is 1. The van der Waals surface area contributed by atoms with Crippen LogP contribution in [0.4, 0.5) is 5.69 Å². The molecule has 2 bridgehead atoms. The summed E-state index contributed by atoms with van der Waals surface area (Å²) < 4.78 is 10.8. The highest BCUT2D eigenvalue weighted by molar-refractivity contribution is 5.96. The van der Waals surface area contributed by atoms with Gasteiger partial charge in [0.15, 0.2) is 5.96 Å². The first-order chi connectivity index (χ1) is 19.7. The number of hydrogen-bond donors (Lipinski definition) is 3. The highest BCUT2D eigenvalue weighted by Crippen LogP contribution is 2.61. The molecule has 5 atom stereocenters. The van der Waals surface area contributed by atoms with E-state index in [2.05, 4.69) is 48.5 Å². The van der Waals surface area contributed by atoms with Crippen LogP contribution in [0.15, 0.2) is 47.5 Å². The van der Waals surface area contributed by atoms with Gasteiger partial charge in [0.1, 0.15) is 11.5 Å². The minimum Gasteiger partial charge on any atom is -0.497 e. The number of carbonyl (C=O) groups excluding carboxylic acids is 1. The second-order valence-electron chi connectivity index (χ2n) is 12.7. The van der Waals surface area contributed by atoms with Gasteiger partial charge in [-0.05, 0) is 85.3 Å². The molecule has 1 heterocycles. The molecule has 4 fully saturated rings. The van der Waals surface area contributed by atoms with Crippen LogP contribution in [0.5, 0.6) is 11.5 Å². The number of benzene rings is 2. The van der Waals surface area contributed by atoms with E-state index in [1.807, 2.05) is 42.5 Å². The van der Waals surface area contributed by atoms with Crippen LogP contribution in [0.2, 0.25) is 0 Å². The number of piperazine rings is 1. The maximum atomic E-state index is 12.9. The van der Waals surface area contributed by atoms with Crippen molar-refractivity contribution in [2.45, 2.75) is 59.0 Å². The highest BCUT2D eigenvalue weighted by Gasteiger charge is 2.56. The Morgan fingerprint density at radius 3 is 2.54 bits per heavy atom. The lowest BCUT2D eigenvalue weighted by Crippen LogP contribution is -2.57. The van der Waals surface area contributed by atoms with Gasteiger partial charge >= 0.3 is 0 Å². The summed E-state index contributed by atoms with van der Waals surface area (Å²) in [5.41, 5.74) is 3.05. The molecule has 1 amide bonds. The van der Waals surface area contributed by atoms with E-state index in [9.17, 15) is 4.79 Å². The molecule has 3 aliphatic carbocycles. The Balaban J connectivity index is 1.22. The van der Waals surface area contributed by atoms with Crippen molar-refractivity contribution in [1.82, 2.24) is 15.5 Å². The molecule has 0 aromatic heterocycles. The minimum atomic E-state index is -0.0910. The van der Waals surface area contributed by atoms with Crippen LogP contribution < -0.4 is 25.4 Å². The molecule has 1 aliphatic heterocycles. The monoisotopic (exact) mass is 561 g/mol. The lowest BCUT2D eigenvalue weighted by atomic mass is 9.45. The van der Waals surface area contributed by atoms with Crippen LogP contribution in [0.25, 0.3) is 0 Å². The first-order valence-electron chi connectivity index (χ1n) is 15.1. The van der Waals surface area contributed by atoms with Gasteiger partial charge in [-0.1, -0.05) is 26.8 Å². The molecule has 8 heteroatoms. The zero-order chi connectivity index (χ0) is 29.1. The van der Waals surface area contributed by atoms with Gasteiger partial charge in [-0.2, -0.15) is 0 Å². The molecule has 4 aliphatic rings. The first-order valence-corrected chi connectivity index (χ1v) is 15.1. The van der Waals surface area contributed by atoms with Crippen molar-refractivity contribution in [1.29, 1.82) is 0 Å². The van der Waals surface area contributed by atoms with Gasteiger partial charge in [-0.15, -0.1) is 0 Å². The maximum Gasteiger partial charge on any atom is 0.251 e. The van der Waals surface area contributed by atoms with E-state index in [-0.39, 0.29) is 5.91 Å². The summed E-state index contributed by atoms with van der Waals surface area (Å²) in [5.74, 6) is 4.47. The summed E-state index contributed by atoms with van der Waals surface area (Å²) >= 11 is 0. The van der Waals surface area contributed by atoms with Crippen LogP contribution in [0.1, 0.15) is 56.5 Å². The number of hydrogen-bond acceptors (Lipinski definition) is 5. The molecule has 3 N–H and O–H groups in total. The third kappa shape index (κ3) is 6.32. The van der Waals surface area contributed by atoms with Crippen molar-refractivity contribution >= 4 is 17.6 Å². The van der Waals surface area contributed by atoms with E-state index in [4.69, 9.17) is 14.5 Å². The molecular weight excluding hydrogens is 514 g/mol. The predicted octanol–water partition coefficient (Wildman–Crippen LogP) is 4.81. The largest absolute Gasteiger partial charge is 0.497 e. The number of nitrogens with zero attached hydrogens (tertiary/aromatic N) is 2. The Morgan fingerprint density at radius 2 is 1.88 bits per heavy atom. The summed E-state index contributed by atoms with van der Waals surface area (Å²) in [6.45, 7) is 12.8. The fraction of sp³-hybridized carbons (Fsp3) is 0.576. The van der Waals surface area contributed by atoms with E-state index >= 15 is 0 Å². The van der Waals surface area contributed by atoms with Gasteiger partial charge in [0.2, 0.25) is 0 Å². The molecule has 0 radical (unpaired) electrons. The van der Waals surface area contributed by atoms with Crippen LogP contribution in [-0.2, 0) is 6.42 Å². The standard InChI is InChI=1S/C33H47N5O3/c1-21-20-38(16-15-34-21)32(37-29-18-25-17-28(22(29)2)33(25,3)4)36-26-10-7-24(8-11-26)31(39)35-14-13-23-9-12-27(40-5)19-30(23)41-6/h7-12,19,21-22,25,28-29,34H,13-18,20H2,1-6H3,(H,35,39)(H,36,37)/t21-,22+,25-,28-,29-/m0/s1. The van der Waals surface area contributed by atoms with Gasteiger partial charge < -0.3 is 30.3 Å². The Labute approximate surface area is 245 Å². The second-order valence-corrected chi connectivity index (χ2v) is 12.7. The average Bonchev–Trinajstić information content (AvgIpc) is 2.97. The lowest BCUT2D eigenvalue weighted by molar-refractivity contribution is -0.108. The molecule has 6 rings (SSSR count). The van der Waals surface area contributed by atoms with E-state index in [0.29, 0.717) is 41.9 Å². The van der Waals surface area contributed by atoms with Crippen molar-refractivity contribution in [3.63, 3.8) is 0 Å². The number of methoxy groups -OCH3 is 2. The minimum absolute atomic E-state index is 0.0910. The van der Waals surface area contributed by atoms with Crippen molar-refractivity contribution < 1.29 is 14.3 Å². The quantitative estimate of drug-likeness (QED) is 0.317. The number of ether oxygens (including phenoxy) is 2. The molecule has 8 nitrogen and oxygen atoms in total. The Hall–Kier alpha value is -3.26. The molecule has 2 aromatic rings. The van der Waals surface area contributed by atoms with Crippen LogP contribution >= 0.6 is 0 Å². The average molecular weight is 562 g/mol. The van der Waals surface area contributed by atoms with E-state index in [1.165, 1.54) is 12.8 Å². The summed E-state index contributed by atoms with van der Waals surface area (Å²) in [6.07, 6.45) is 3.18. The van der Waals surface area contributed by atoms with Crippen LogP contribution in [0, 0.1) is 23.2 Å². The zero-order valence-electron chi connectivity index (χ0n) is 25.5. The summed E-state index contributed by atoms with van der Waals surface area (Å²) in [4.78, 5) is 20.6. The van der Waals surface area contributed by atoms with Gasteiger partial charge in [0, 0.05) is 49.5 Å². The predicted molar refractivity (Wildman–Crippen MR) is 165 cm³/mol. The summed E-state index contributed by atoms with van der Waals surface area (Å²) in [5, 5.41) is 10.2. The number of rotatable bonds is 8. The van der Waals surface area contributed by atoms with E-state index < -0.39 is 0 Å². The molecular formula is C33H47N5O3. The molecule has 1 saturated heterocycles. The molecule has 222 valence electrons. The smallest absolute Gasteiger partial charge is 0.251 e. The summed E-state index contributed by atoms with van der Waals surface area (Å²) in [6, 6.07) is 14.2. The number of amides is 1. The third-order valence-corrected chi connectivity index (χ3v) is 9.85. The molecule has 3 saturated carbocycles. The number of guanidine groups is 1. The van der Waals surface area contributed by atoms with Gasteiger partial charge in [0.25, 0.3) is 5.91 Å². The van der Waals surface area contributed by atoms with Crippen LogP contribution in [0.3, 0.4) is 0 Å².